The first kappa shape index (κ1) is 14.7. The van der Waals surface area contributed by atoms with Gasteiger partial charge in [-0.2, -0.15) is 0 Å². The van der Waals surface area contributed by atoms with E-state index in [4.69, 9.17) is 5.11 Å². The maximum atomic E-state index is 13.5. The minimum absolute atomic E-state index is 0.315. The first-order chi connectivity index (χ1) is 9.47. The number of carbonyl (C=O) groups is 1. The van der Waals surface area contributed by atoms with Crippen molar-refractivity contribution in [2.24, 2.45) is 0 Å². The van der Waals surface area contributed by atoms with Crippen molar-refractivity contribution in [3.63, 3.8) is 0 Å². The molecule has 1 aromatic carbocycles. The van der Waals surface area contributed by atoms with Crippen molar-refractivity contribution in [1.82, 2.24) is 10.2 Å². The summed E-state index contributed by atoms with van der Waals surface area (Å²) in [5.41, 5.74) is 0.392. The number of aromatic nitrogens is 2. The fourth-order valence-electron chi connectivity index (χ4n) is 1.41. The number of carboxylic acids is 1. The van der Waals surface area contributed by atoms with Crippen molar-refractivity contribution in [2.45, 2.75) is 10.1 Å². The number of aromatic carboxylic acids is 1. The van der Waals surface area contributed by atoms with Gasteiger partial charge in [0, 0.05) is 19.8 Å². The monoisotopic (exact) mass is 313 g/mol. The van der Waals surface area contributed by atoms with Gasteiger partial charge in [0.05, 0.1) is 5.56 Å². The van der Waals surface area contributed by atoms with Gasteiger partial charge < -0.3 is 10.0 Å². The van der Waals surface area contributed by atoms with Gasteiger partial charge in [0.2, 0.25) is 5.13 Å². The van der Waals surface area contributed by atoms with E-state index in [9.17, 15) is 9.18 Å². The number of rotatable bonds is 5. The lowest BCUT2D eigenvalue weighted by molar-refractivity contribution is 0.0692. The first-order valence-electron chi connectivity index (χ1n) is 5.62. The summed E-state index contributed by atoms with van der Waals surface area (Å²) in [6.07, 6.45) is 0. The van der Waals surface area contributed by atoms with Crippen LogP contribution in [0.5, 0.6) is 0 Å². The molecule has 0 unspecified atom stereocenters. The van der Waals surface area contributed by atoms with Crippen LogP contribution < -0.4 is 4.90 Å². The zero-order valence-electron chi connectivity index (χ0n) is 10.8. The van der Waals surface area contributed by atoms with Crippen molar-refractivity contribution in [3.8, 4) is 0 Å². The second-order valence-electron chi connectivity index (χ2n) is 4.15. The van der Waals surface area contributed by atoms with Gasteiger partial charge in [-0.1, -0.05) is 29.2 Å². The van der Waals surface area contributed by atoms with Gasteiger partial charge in [-0.25, -0.2) is 9.18 Å². The highest BCUT2D eigenvalue weighted by Gasteiger charge is 2.11. The van der Waals surface area contributed by atoms with Crippen LogP contribution in [-0.4, -0.2) is 35.4 Å². The van der Waals surface area contributed by atoms with Gasteiger partial charge in [0.1, 0.15) is 5.82 Å². The molecular formula is C12H12FN3O2S2. The topological polar surface area (TPSA) is 66.3 Å². The predicted molar refractivity (Wildman–Crippen MR) is 77.2 cm³/mol. The summed E-state index contributed by atoms with van der Waals surface area (Å²) in [6.45, 7) is 0. The molecule has 2 aromatic rings. The second kappa shape index (κ2) is 6.19. The van der Waals surface area contributed by atoms with E-state index in [0.29, 0.717) is 11.3 Å². The summed E-state index contributed by atoms with van der Waals surface area (Å²) in [7, 11) is 3.77. The molecule has 20 heavy (non-hydrogen) atoms. The summed E-state index contributed by atoms with van der Waals surface area (Å²) < 4.78 is 14.3. The fraction of sp³-hybridized carbons (Fsp3) is 0.250. The first-order valence-corrected chi connectivity index (χ1v) is 7.43. The molecule has 0 aliphatic heterocycles. The van der Waals surface area contributed by atoms with E-state index in [2.05, 4.69) is 10.2 Å². The average molecular weight is 313 g/mol. The molecule has 0 saturated heterocycles. The number of hydrogen-bond donors (Lipinski definition) is 1. The Balaban J connectivity index is 2.03. The molecule has 0 bridgehead atoms. The van der Waals surface area contributed by atoms with Crippen LogP contribution in [0.25, 0.3) is 0 Å². The third-order valence-electron chi connectivity index (χ3n) is 2.40. The molecule has 0 amide bonds. The number of thioether (sulfide) groups is 1. The lowest BCUT2D eigenvalue weighted by Gasteiger charge is -2.04. The standard InChI is InChI=1S/C12H12FN3O2S2/c1-16(2)11-14-15-12(20-11)19-6-7-3-4-8(10(17)18)9(13)5-7/h3-5H,6H2,1-2H3,(H,17,18). The quantitative estimate of drug-likeness (QED) is 0.856. The van der Waals surface area contributed by atoms with E-state index in [1.54, 1.807) is 6.07 Å². The predicted octanol–water partition coefficient (Wildman–Crippen LogP) is 2.73. The molecule has 1 heterocycles. The molecule has 0 atom stereocenters. The largest absolute Gasteiger partial charge is 0.478 e. The van der Waals surface area contributed by atoms with Crippen LogP contribution in [0, 0.1) is 5.82 Å². The van der Waals surface area contributed by atoms with Gasteiger partial charge in [-0.3, -0.25) is 0 Å². The Kier molecular flexibility index (Phi) is 4.56. The molecule has 0 radical (unpaired) electrons. The number of nitrogens with zero attached hydrogens (tertiary/aromatic N) is 3. The Bertz CT molecular complexity index is 631. The molecule has 106 valence electrons. The highest BCUT2D eigenvalue weighted by Crippen LogP contribution is 2.29. The molecule has 0 fully saturated rings. The fourth-order valence-corrected chi connectivity index (χ4v) is 3.11. The van der Waals surface area contributed by atoms with Gasteiger partial charge in [-0.05, 0) is 17.7 Å². The van der Waals surface area contributed by atoms with Gasteiger partial charge in [0.15, 0.2) is 4.34 Å². The smallest absolute Gasteiger partial charge is 0.338 e. The normalized spacial score (nSPS) is 10.6. The Morgan fingerprint density at radius 1 is 1.45 bits per heavy atom. The molecule has 8 heteroatoms. The Morgan fingerprint density at radius 3 is 2.75 bits per heavy atom. The Labute approximate surface area is 123 Å². The molecule has 5 nitrogen and oxygen atoms in total. The van der Waals surface area contributed by atoms with E-state index >= 15 is 0 Å². The summed E-state index contributed by atoms with van der Waals surface area (Å²) in [6, 6.07) is 4.12. The molecule has 0 aliphatic rings. The summed E-state index contributed by atoms with van der Waals surface area (Å²) >= 11 is 2.89. The summed E-state index contributed by atoms with van der Waals surface area (Å²) in [5, 5.41) is 17.6. The number of halogens is 1. The van der Waals surface area contributed by atoms with E-state index in [-0.39, 0.29) is 5.56 Å². The van der Waals surface area contributed by atoms with Crippen molar-refractivity contribution in [1.29, 1.82) is 0 Å². The van der Waals surface area contributed by atoms with Crippen molar-refractivity contribution < 1.29 is 14.3 Å². The Morgan fingerprint density at radius 2 is 2.20 bits per heavy atom. The zero-order chi connectivity index (χ0) is 14.7. The van der Waals surface area contributed by atoms with Crippen LogP contribution in [-0.2, 0) is 5.75 Å². The maximum absolute atomic E-state index is 13.5. The number of hydrogen-bond acceptors (Lipinski definition) is 6. The Hall–Kier alpha value is -1.67. The van der Waals surface area contributed by atoms with Crippen LogP contribution in [0.2, 0.25) is 0 Å². The van der Waals surface area contributed by atoms with Crippen molar-refractivity contribution in [3.05, 3.63) is 35.1 Å². The summed E-state index contributed by atoms with van der Waals surface area (Å²) in [5.74, 6) is -1.47. The summed E-state index contributed by atoms with van der Waals surface area (Å²) in [4.78, 5) is 12.6. The molecule has 0 saturated carbocycles. The molecule has 1 aromatic heterocycles. The van der Waals surface area contributed by atoms with E-state index in [1.165, 1.54) is 35.2 Å². The number of anilines is 1. The average Bonchev–Trinajstić information content (AvgIpc) is 2.85. The molecular weight excluding hydrogens is 301 g/mol. The van der Waals surface area contributed by atoms with Gasteiger partial charge in [-0.15, -0.1) is 10.2 Å². The highest BCUT2D eigenvalue weighted by molar-refractivity contribution is 8.00. The van der Waals surface area contributed by atoms with Crippen LogP contribution in [0.15, 0.2) is 22.5 Å². The maximum Gasteiger partial charge on any atom is 0.338 e. The van der Waals surface area contributed by atoms with E-state index in [1.807, 2.05) is 19.0 Å². The molecule has 0 spiro atoms. The zero-order valence-corrected chi connectivity index (χ0v) is 12.5. The lowest BCUT2D eigenvalue weighted by Crippen LogP contribution is -2.07. The third kappa shape index (κ3) is 3.45. The van der Waals surface area contributed by atoms with Crippen LogP contribution in [0.1, 0.15) is 15.9 Å². The van der Waals surface area contributed by atoms with E-state index < -0.39 is 11.8 Å². The molecule has 1 N–H and O–H groups in total. The van der Waals surface area contributed by atoms with Crippen LogP contribution >= 0.6 is 23.1 Å². The van der Waals surface area contributed by atoms with Crippen molar-refractivity contribution >= 4 is 34.2 Å². The number of carboxylic acid groups (broad SMARTS) is 1. The van der Waals surface area contributed by atoms with E-state index in [0.717, 1.165) is 9.47 Å². The third-order valence-corrected chi connectivity index (χ3v) is 4.70. The minimum Gasteiger partial charge on any atom is -0.478 e. The molecule has 2 rings (SSSR count). The SMILES string of the molecule is CN(C)c1nnc(SCc2ccc(C(=O)O)c(F)c2)s1. The molecule has 0 aliphatic carbocycles. The van der Waals surface area contributed by atoms with Gasteiger partial charge >= 0.3 is 5.97 Å². The van der Waals surface area contributed by atoms with Gasteiger partial charge in [0.25, 0.3) is 0 Å². The second-order valence-corrected chi connectivity index (χ2v) is 6.33. The van der Waals surface area contributed by atoms with Crippen LogP contribution in [0.4, 0.5) is 9.52 Å². The number of benzene rings is 1. The lowest BCUT2D eigenvalue weighted by atomic mass is 10.1. The highest BCUT2D eigenvalue weighted by atomic mass is 32.2. The van der Waals surface area contributed by atoms with Crippen molar-refractivity contribution in [2.75, 3.05) is 19.0 Å². The van der Waals surface area contributed by atoms with Crippen LogP contribution in [0.3, 0.4) is 0 Å². The minimum atomic E-state index is -1.26.